The highest BCUT2D eigenvalue weighted by Crippen LogP contribution is 2.40. The SMILES string of the molecule is Cn1c(CC(=O)O)c(-c2ccc3c4c(ccnc24)CCO3)c2ccc(C(=O)NC(C)(C)C)cc2c1=O. The van der Waals surface area contributed by atoms with Gasteiger partial charge in [0.05, 0.1) is 18.5 Å². The average molecular weight is 486 g/mol. The van der Waals surface area contributed by atoms with Crippen LogP contribution in [0.1, 0.15) is 42.4 Å². The molecule has 8 heteroatoms. The van der Waals surface area contributed by atoms with Gasteiger partial charge in [0.2, 0.25) is 0 Å². The predicted octanol–water partition coefficient (Wildman–Crippen LogP) is 3.84. The largest absolute Gasteiger partial charge is 0.493 e. The third-order valence-electron chi connectivity index (χ3n) is 6.43. The van der Waals surface area contributed by atoms with Gasteiger partial charge in [-0.15, -0.1) is 0 Å². The third kappa shape index (κ3) is 3.98. The Kier molecular flexibility index (Phi) is 5.54. The molecule has 8 nitrogen and oxygen atoms in total. The molecule has 2 aromatic carbocycles. The van der Waals surface area contributed by atoms with Crippen LogP contribution < -0.4 is 15.6 Å². The number of aliphatic carboxylic acids is 1. The van der Waals surface area contributed by atoms with Crippen molar-refractivity contribution in [2.75, 3.05) is 6.61 Å². The van der Waals surface area contributed by atoms with E-state index in [1.165, 1.54) is 4.57 Å². The van der Waals surface area contributed by atoms with Crippen LogP contribution in [0.2, 0.25) is 0 Å². The van der Waals surface area contributed by atoms with E-state index in [1.54, 1.807) is 31.4 Å². The molecule has 0 saturated heterocycles. The molecule has 184 valence electrons. The lowest BCUT2D eigenvalue weighted by Crippen LogP contribution is -2.40. The Balaban J connectivity index is 1.84. The van der Waals surface area contributed by atoms with Crippen molar-refractivity contribution in [3.63, 3.8) is 0 Å². The van der Waals surface area contributed by atoms with Gasteiger partial charge in [0.15, 0.2) is 0 Å². The summed E-state index contributed by atoms with van der Waals surface area (Å²) in [5.74, 6) is -0.605. The van der Waals surface area contributed by atoms with E-state index in [0.717, 1.165) is 23.1 Å². The minimum Gasteiger partial charge on any atom is -0.493 e. The number of pyridine rings is 2. The van der Waals surface area contributed by atoms with Gasteiger partial charge in [-0.1, -0.05) is 6.07 Å². The average Bonchev–Trinajstić information content (AvgIpc) is 2.82. The van der Waals surface area contributed by atoms with Gasteiger partial charge in [-0.05, 0) is 62.1 Å². The fraction of sp³-hybridized carbons (Fsp3) is 0.286. The summed E-state index contributed by atoms with van der Waals surface area (Å²) in [6.07, 6.45) is 2.15. The molecule has 2 N–H and O–H groups in total. The molecule has 0 aliphatic carbocycles. The Hall–Kier alpha value is -4.20. The summed E-state index contributed by atoms with van der Waals surface area (Å²) in [5, 5.41) is 14.4. The number of amides is 1. The number of carbonyl (C=O) groups excluding carboxylic acids is 1. The number of hydrogen-bond donors (Lipinski definition) is 2. The molecule has 1 amide bonds. The van der Waals surface area contributed by atoms with Crippen molar-refractivity contribution in [3.8, 4) is 16.9 Å². The molecule has 3 heterocycles. The summed E-state index contributed by atoms with van der Waals surface area (Å²) in [5.41, 5.74) is 3.04. The number of aromatic nitrogens is 2. The number of rotatable bonds is 4. The van der Waals surface area contributed by atoms with Crippen LogP contribution >= 0.6 is 0 Å². The molecule has 2 aromatic heterocycles. The Bertz CT molecular complexity index is 1620. The zero-order valence-electron chi connectivity index (χ0n) is 20.6. The van der Waals surface area contributed by atoms with Crippen molar-refractivity contribution < 1.29 is 19.4 Å². The standard InChI is InChI=1S/C28H27N3O5/c1-28(2,3)30-26(34)16-5-6-17-19(13-16)27(35)31(4)20(14-22(32)33)24(17)18-7-8-21-23-15(10-12-36-21)9-11-29-25(18)23/h5-9,11,13H,10,12,14H2,1-4H3,(H,30,34)(H,32,33). The first kappa shape index (κ1) is 23.5. The van der Waals surface area contributed by atoms with Gasteiger partial charge in [-0.25, -0.2) is 0 Å². The lowest BCUT2D eigenvalue weighted by Gasteiger charge is -2.22. The molecular weight excluding hydrogens is 458 g/mol. The fourth-order valence-electron chi connectivity index (χ4n) is 4.87. The highest BCUT2D eigenvalue weighted by atomic mass is 16.5. The van der Waals surface area contributed by atoms with Gasteiger partial charge < -0.3 is 19.7 Å². The number of benzene rings is 2. The summed E-state index contributed by atoms with van der Waals surface area (Å²) in [7, 11) is 1.56. The van der Waals surface area contributed by atoms with Crippen LogP contribution in [0.25, 0.3) is 32.8 Å². The van der Waals surface area contributed by atoms with Crippen LogP contribution in [0.4, 0.5) is 0 Å². The smallest absolute Gasteiger partial charge is 0.309 e. The Labute approximate surface area is 207 Å². The second kappa shape index (κ2) is 8.48. The molecule has 0 bridgehead atoms. The minimum absolute atomic E-state index is 0.289. The molecule has 1 aliphatic rings. The van der Waals surface area contributed by atoms with E-state index in [-0.39, 0.29) is 17.9 Å². The molecule has 4 aromatic rings. The molecule has 1 aliphatic heterocycles. The number of fused-ring (bicyclic) bond motifs is 1. The van der Waals surface area contributed by atoms with Gasteiger partial charge >= 0.3 is 5.97 Å². The summed E-state index contributed by atoms with van der Waals surface area (Å²) in [6.45, 7) is 6.24. The first-order valence-electron chi connectivity index (χ1n) is 11.8. The number of carboxylic acid groups (broad SMARTS) is 1. The number of carbonyl (C=O) groups is 2. The van der Waals surface area contributed by atoms with Crippen molar-refractivity contribution >= 4 is 33.6 Å². The van der Waals surface area contributed by atoms with Crippen molar-refractivity contribution in [2.24, 2.45) is 7.05 Å². The van der Waals surface area contributed by atoms with Gasteiger partial charge in [0.25, 0.3) is 11.5 Å². The van der Waals surface area contributed by atoms with Crippen LogP contribution in [-0.4, -0.2) is 38.7 Å². The first-order valence-corrected chi connectivity index (χ1v) is 11.8. The first-order chi connectivity index (χ1) is 17.0. The molecule has 0 spiro atoms. The zero-order chi connectivity index (χ0) is 25.8. The van der Waals surface area contributed by atoms with E-state index in [4.69, 9.17) is 4.74 Å². The molecule has 5 rings (SSSR count). The zero-order valence-corrected chi connectivity index (χ0v) is 20.6. The van der Waals surface area contributed by atoms with Gasteiger partial charge in [0, 0.05) is 58.4 Å². The van der Waals surface area contributed by atoms with Crippen LogP contribution in [-0.2, 0) is 24.7 Å². The Morgan fingerprint density at radius 1 is 1.14 bits per heavy atom. The van der Waals surface area contributed by atoms with Crippen molar-refractivity contribution in [2.45, 2.75) is 39.2 Å². The molecule has 0 unspecified atom stereocenters. The van der Waals surface area contributed by atoms with Crippen LogP contribution in [0.3, 0.4) is 0 Å². The Morgan fingerprint density at radius 2 is 1.92 bits per heavy atom. The maximum Gasteiger partial charge on any atom is 0.309 e. The lowest BCUT2D eigenvalue weighted by atomic mass is 9.91. The van der Waals surface area contributed by atoms with E-state index in [0.29, 0.717) is 45.3 Å². The number of nitrogens with one attached hydrogen (secondary N) is 1. The quantitative estimate of drug-likeness (QED) is 0.454. The molecule has 36 heavy (non-hydrogen) atoms. The van der Waals surface area contributed by atoms with E-state index >= 15 is 0 Å². The molecule has 0 radical (unpaired) electrons. The number of ether oxygens (including phenoxy) is 1. The second-order valence-corrected chi connectivity index (χ2v) is 10.1. The van der Waals surface area contributed by atoms with Crippen LogP contribution in [0.5, 0.6) is 5.75 Å². The number of hydrogen-bond acceptors (Lipinski definition) is 5. The third-order valence-corrected chi connectivity index (χ3v) is 6.43. The summed E-state index contributed by atoms with van der Waals surface area (Å²) < 4.78 is 7.22. The van der Waals surface area contributed by atoms with Gasteiger partial charge in [0.1, 0.15) is 5.75 Å². The number of nitrogens with zero attached hydrogens (tertiary/aromatic N) is 2. The maximum atomic E-state index is 13.4. The van der Waals surface area contributed by atoms with E-state index in [1.807, 2.05) is 39.0 Å². The topological polar surface area (TPSA) is 111 Å². The molecular formula is C28H27N3O5. The molecule has 0 saturated carbocycles. The minimum atomic E-state index is -1.05. The fourth-order valence-corrected chi connectivity index (χ4v) is 4.87. The summed E-state index contributed by atoms with van der Waals surface area (Å²) in [6, 6.07) is 10.7. The van der Waals surface area contributed by atoms with E-state index in [2.05, 4.69) is 10.3 Å². The summed E-state index contributed by atoms with van der Waals surface area (Å²) in [4.78, 5) is 42.7. The van der Waals surface area contributed by atoms with E-state index in [9.17, 15) is 19.5 Å². The highest BCUT2D eigenvalue weighted by Gasteiger charge is 2.24. The Morgan fingerprint density at radius 3 is 2.64 bits per heavy atom. The van der Waals surface area contributed by atoms with Crippen LogP contribution in [0, 0.1) is 0 Å². The second-order valence-electron chi connectivity index (χ2n) is 10.1. The number of carboxylic acids is 1. The van der Waals surface area contributed by atoms with Crippen molar-refractivity contribution in [1.29, 1.82) is 0 Å². The lowest BCUT2D eigenvalue weighted by molar-refractivity contribution is -0.136. The van der Waals surface area contributed by atoms with Crippen molar-refractivity contribution in [3.05, 3.63) is 69.8 Å². The van der Waals surface area contributed by atoms with Crippen LogP contribution in [0.15, 0.2) is 47.4 Å². The molecule has 0 fully saturated rings. The van der Waals surface area contributed by atoms with Crippen molar-refractivity contribution in [1.82, 2.24) is 14.9 Å². The van der Waals surface area contributed by atoms with Gasteiger partial charge in [-0.2, -0.15) is 0 Å². The summed E-state index contributed by atoms with van der Waals surface area (Å²) >= 11 is 0. The van der Waals surface area contributed by atoms with Gasteiger partial charge in [-0.3, -0.25) is 19.4 Å². The monoisotopic (exact) mass is 485 g/mol. The highest BCUT2D eigenvalue weighted by molar-refractivity contribution is 6.09. The normalized spacial score (nSPS) is 13.0. The predicted molar refractivity (Wildman–Crippen MR) is 138 cm³/mol. The van der Waals surface area contributed by atoms with E-state index < -0.39 is 11.5 Å². The maximum absolute atomic E-state index is 13.4. The molecule has 0 atom stereocenters.